The average Bonchev–Trinajstić information content (AvgIpc) is 3.75. The Morgan fingerprint density at radius 3 is 1.86 bits per heavy atom. The van der Waals surface area contributed by atoms with Gasteiger partial charge in [-0.2, -0.15) is 0 Å². The molecule has 4 aromatic rings. The highest BCUT2D eigenvalue weighted by Gasteiger charge is 2.49. The van der Waals surface area contributed by atoms with Crippen LogP contribution in [0.5, 0.6) is 0 Å². The summed E-state index contributed by atoms with van der Waals surface area (Å²) in [5.74, 6) is 0. The molecule has 4 aromatic carbocycles. The van der Waals surface area contributed by atoms with E-state index in [2.05, 4.69) is 144 Å². The van der Waals surface area contributed by atoms with Gasteiger partial charge in [-0.15, -0.1) is 0 Å². The lowest BCUT2D eigenvalue weighted by molar-refractivity contribution is 0.585. The molecule has 42 heavy (non-hydrogen) atoms. The van der Waals surface area contributed by atoms with Crippen LogP contribution in [0.2, 0.25) is 13.1 Å². The third kappa shape index (κ3) is 3.95. The van der Waals surface area contributed by atoms with Crippen LogP contribution in [0.15, 0.2) is 84.9 Å². The largest absolute Gasteiger partial charge is 0.376 e. The molecule has 0 spiro atoms. The maximum Gasteiger partial charge on any atom is 0.327 e. The number of nitrogens with zero attached hydrogens (tertiary/aromatic N) is 1. The highest BCUT2D eigenvalue weighted by Crippen LogP contribution is 2.56. The van der Waals surface area contributed by atoms with Crippen LogP contribution >= 0.6 is 0 Å². The SMILES string of the molecule is CCCC1(c2ccc3c(c2)N(B2c4ccccc4[Si](C)(C)c4ccccc42)c2cc(C(C)(C)C)ccc2C3(C)C)CC1. The van der Waals surface area contributed by atoms with Gasteiger partial charge in [-0.05, 0) is 64.5 Å². The first kappa shape index (κ1) is 27.8. The number of fused-ring (bicyclic) bond motifs is 4. The Morgan fingerprint density at radius 2 is 1.31 bits per heavy atom. The minimum Gasteiger partial charge on any atom is -0.376 e. The minimum absolute atomic E-state index is 0.0729. The van der Waals surface area contributed by atoms with Crippen molar-refractivity contribution in [3.63, 3.8) is 0 Å². The molecule has 0 unspecified atom stereocenters. The Labute approximate surface area is 255 Å². The van der Waals surface area contributed by atoms with Crippen LogP contribution < -0.4 is 26.1 Å². The molecule has 1 nitrogen and oxygen atoms in total. The first-order chi connectivity index (χ1) is 19.9. The van der Waals surface area contributed by atoms with Crippen LogP contribution in [0.25, 0.3) is 0 Å². The molecule has 0 saturated heterocycles. The quantitative estimate of drug-likeness (QED) is 0.231. The van der Waals surface area contributed by atoms with Crippen molar-refractivity contribution in [2.75, 3.05) is 4.81 Å². The van der Waals surface area contributed by atoms with Gasteiger partial charge in [0.1, 0.15) is 8.07 Å². The van der Waals surface area contributed by atoms with Crippen LogP contribution in [-0.2, 0) is 16.2 Å². The third-order valence-electron chi connectivity index (χ3n) is 11.0. The van der Waals surface area contributed by atoms with Gasteiger partial charge in [-0.3, -0.25) is 0 Å². The van der Waals surface area contributed by atoms with Gasteiger partial charge < -0.3 is 4.81 Å². The van der Waals surface area contributed by atoms with E-state index in [1.807, 2.05) is 0 Å². The molecule has 3 heteroatoms. The maximum atomic E-state index is 2.78. The second-order valence-corrected chi connectivity index (χ2v) is 19.8. The molecule has 214 valence electrons. The average molecular weight is 568 g/mol. The maximum absolute atomic E-state index is 2.78. The van der Waals surface area contributed by atoms with Crippen molar-refractivity contribution in [2.45, 2.75) is 96.6 Å². The number of benzene rings is 4. The molecule has 0 amide bonds. The lowest BCUT2D eigenvalue weighted by atomic mass is 9.47. The van der Waals surface area contributed by atoms with Crippen LogP contribution in [0.3, 0.4) is 0 Å². The topological polar surface area (TPSA) is 3.24 Å². The van der Waals surface area contributed by atoms with Crippen molar-refractivity contribution in [1.29, 1.82) is 0 Å². The van der Waals surface area contributed by atoms with Gasteiger partial charge >= 0.3 is 6.85 Å². The van der Waals surface area contributed by atoms with Crippen LogP contribution in [0.1, 0.15) is 89.5 Å². The summed E-state index contributed by atoms with van der Waals surface area (Å²) in [6.45, 7) is 19.5. The van der Waals surface area contributed by atoms with E-state index in [4.69, 9.17) is 0 Å². The number of rotatable bonds is 4. The fraction of sp³-hybridized carbons (Fsp3) is 0.385. The Hall–Kier alpha value is -3.04. The summed E-state index contributed by atoms with van der Waals surface area (Å²) in [5.41, 5.74) is 12.0. The van der Waals surface area contributed by atoms with E-state index in [1.54, 1.807) is 15.9 Å². The Bertz CT molecular complexity index is 1650. The molecule has 2 heterocycles. The first-order valence-electron chi connectivity index (χ1n) is 16.2. The zero-order valence-corrected chi connectivity index (χ0v) is 27.9. The summed E-state index contributed by atoms with van der Waals surface area (Å²) in [5, 5.41) is 3.16. The van der Waals surface area contributed by atoms with Gasteiger partial charge in [0.05, 0.1) is 0 Å². The molecule has 3 aliphatic rings. The van der Waals surface area contributed by atoms with Crippen molar-refractivity contribution in [2.24, 2.45) is 0 Å². The van der Waals surface area contributed by atoms with E-state index in [-0.39, 0.29) is 17.7 Å². The second-order valence-electron chi connectivity index (χ2n) is 15.4. The van der Waals surface area contributed by atoms with Crippen molar-refractivity contribution in [3.8, 4) is 0 Å². The second kappa shape index (κ2) is 9.23. The zero-order chi connectivity index (χ0) is 29.7. The van der Waals surface area contributed by atoms with Gasteiger partial charge in [-0.1, -0.05) is 155 Å². The predicted octanol–water partition coefficient (Wildman–Crippen LogP) is 7.54. The molecule has 1 fully saturated rings. The monoisotopic (exact) mass is 567 g/mol. The van der Waals surface area contributed by atoms with E-state index in [0.717, 1.165) is 0 Å². The summed E-state index contributed by atoms with van der Waals surface area (Å²) in [7, 11) is -1.86. The van der Waals surface area contributed by atoms with Crippen LogP contribution in [0.4, 0.5) is 11.4 Å². The number of hydrogen-bond acceptors (Lipinski definition) is 1. The molecule has 0 aromatic heterocycles. The van der Waals surface area contributed by atoms with Gasteiger partial charge in [0.15, 0.2) is 0 Å². The van der Waals surface area contributed by atoms with Gasteiger partial charge in [0.25, 0.3) is 0 Å². The van der Waals surface area contributed by atoms with Crippen LogP contribution in [-0.4, -0.2) is 14.9 Å². The molecule has 1 aliphatic carbocycles. The minimum atomic E-state index is -1.86. The van der Waals surface area contributed by atoms with Crippen molar-refractivity contribution in [1.82, 2.24) is 0 Å². The van der Waals surface area contributed by atoms with E-state index in [9.17, 15) is 0 Å². The molecule has 2 aliphatic heterocycles. The number of hydrogen-bond donors (Lipinski definition) is 0. The highest BCUT2D eigenvalue weighted by molar-refractivity contribution is 7.11. The molecule has 0 bridgehead atoms. The van der Waals surface area contributed by atoms with E-state index in [0.29, 0.717) is 5.41 Å². The van der Waals surface area contributed by atoms with E-state index in [1.165, 1.54) is 64.7 Å². The Balaban J connectivity index is 1.56. The molecule has 7 rings (SSSR count). The smallest absolute Gasteiger partial charge is 0.327 e. The molecule has 0 N–H and O–H groups in total. The summed E-state index contributed by atoms with van der Waals surface area (Å²) in [6, 6.07) is 33.7. The van der Waals surface area contributed by atoms with E-state index < -0.39 is 8.07 Å². The van der Waals surface area contributed by atoms with Crippen LogP contribution in [0, 0.1) is 0 Å². The van der Waals surface area contributed by atoms with Crippen molar-refractivity contribution in [3.05, 3.63) is 107 Å². The molecule has 0 radical (unpaired) electrons. The standard InChI is InChI=1S/C39H46BNSi/c1-9-22-39(23-24-39)28-19-21-30-34(26-28)41(33-25-27(37(2,3)4)18-20-29(33)38(30,5)6)40-31-14-10-12-16-35(31)42(7,8)36-17-13-11-15-32(36)40/h10-21,25-26H,9,22-24H2,1-8H3. The Kier molecular flexibility index (Phi) is 6.10. The van der Waals surface area contributed by atoms with Gasteiger partial charge in [0.2, 0.25) is 0 Å². The highest BCUT2D eigenvalue weighted by atomic mass is 28.3. The molecule has 1 saturated carbocycles. The van der Waals surface area contributed by atoms with Gasteiger partial charge in [-0.25, -0.2) is 0 Å². The lowest BCUT2D eigenvalue weighted by Gasteiger charge is -2.48. The normalized spacial score (nSPS) is 19.0. The van der Waals surface area contributed by atoms with Crippen molar-refractivity contribution >= 4 is 47.6 Å². The zero-order valence-electron chi connectivity index (χ0n) is 26.9. The molecular formula is C39H46BNSi. The lowest BCUT2D eigenvalue weighted by Crippen LogP contribution is -2.77. The molecule has 0 atom stereocenters. The third-order valence-corrected chi connectivity index (χ3v) is 14.6. The summed E-state index contributed by atoms with van der Waals surface area (Å²) < 4.78 is 0. The fourth-order valence-electron chi connectivity index (χ4n) is 8.38. The fourth-order valence-corrected chi connectivity index (χ4v) is 11.6. The molecular weight excluding hydrogens is 521 g/mol. The Morgan fingerprint density at radius 1 is 0.762 bits per heavy atom. The predicted molar refractivity (Wildman–Crippen MR) is 186 cm³/mol. The first-order valence-corrected chi connectivity index (χ1v) is 19.2. The van der Waals surface area contributed by atoms with Gasteiger partial charge in [0, 0.05) is 16.8 Å². The summed E-state index contributed by atoms with van der Waals surface area (Å²) in [4.78, 5) is 2.78. The number of anilines is 2. The van der Waals surface area contributed by atoms with E-state index >= 15 is 0 Å². The van der Waals surface area contributed by atoms with Crippen molar-refractivity contribution < 1.29 is 0 Å². The summed E-state index contributed by atoms with van der Waals surface area (Å²) >= 11 is 0. The summed E-state index contributed by atoms with van der Waals surface area (Å²) in [6.07, 6.45) is 5.17.